The van der Waals surface area contributed by atoms with Crippen LogP contribution in [0.15, 0.2) is 53.5 Å². The Labute approximate surface area is 112 Å². The van der Waals surface area contributed by atoms with E-state index in [1.165, 1.54) is 6.92 Å². The summed E-state index contributed by atoms with van der Waals surface area (Å²) in [5.74, 6) is 0.225. The van der Waals surface area contributed by atoms with Crippen molar-refractivity contribution in [1.29, 1.82) is 0 Å². The Bertz CT molecular complexity index is 603. The molecule has 0 radical (unpaired) electrons. The highest BCUT2D eigenvalue weighted by Gasteiger charge is 2.05. The largest absolute Gasteiger partial charge is 0.426 e. The van der Waals surface area contributed by atoms with Crippen LogP contribution in [0, 0.1) is 6.92 Å². The van der Waals surface area contributed by atoms with E-state index in [2.05, 4.69) is 4.99 Å². The predicted octanol–water partition coefficient (Wildman–Crippen LogP) is 3.67. The Balaban J connectivity index is 2.26. The van der Waals surface area contributed by atoms with Gasteiger partial charge in [-0.1, -0.05) is 36.4 Å². The number of ether oxygens (including phenoxy) is 1. The van der Waals surface area contributed by atoms with Crippen molar-refractivity contribution in [3.8, 4) is 5.75 Å². The molecule has 0 heterocycles. The van der Waals surface area contributed by atoms with Gasteiger partial charge in [0.1, 0.15) is 5.75 Å². The number of esters is 1. The maximum absolute atomic E-state index is 11.0. The van der Waals surface area contributed by atoms with Gasteiger partial charge in [0.05, 0.1) is 5.69 Å². The fourth-order valence-corrected chi connectivity index (χ4v) is 1.69. The second-order valence-corrected chi connectivity index (χ2v) is 4.16. The smallest absolute Gasteiger partial charge is 0.308 e. The Morgan fingerprint density at radius 1 is 1.11 bits per heavy atom. The molecule has 96 valence electrons. The Hall–Kier alpha value is -2.42. The Morgan fingerprint density at radius 2 is 1.84 bits per heavy atom. The molecule has 0 aliphatic carbocycles. The predicted molar refractivity (Wildman–Crippen MR) is 76.2 cm³/mol. The third kappa shape index (κ3) is 3.52. The maximum atomic E-state index is 11.0. The lowest BCUT2D eigenvalue weighted by molar-refractivity contribution is -0.131. The van der Waals surface area contributed by atoms with Crippen LogP contribution >= 0.6 is 0 Å². The molecule has 0 fully saturated rings. The maximum Gasteiger partial charge on any atom is 0.308 e. The SMILES string of the molecule is CC(=O)Oc1cccc(/N=C/c2ccccc2)c1C. The average molecular weight is 253 g/mol. The van der Waals surface area contributed by atoms with Crippen molar-refractivity contribution in [2.45, 2.75) is 13.8 Å². The zero-order valence-corrected chi connectivity index (χ0v) is 11.0. The van der Waals surface area contributed by atoms with Crippen molar-refractivity contribution in [1.82, 2.24) is 0 Å². The van der Waals surface area contributed by atoms with Crippen molar-refractivity contribution in [2.24, 2.45) is 4.99 Å². The highest BCUT2D eigenvalue weighted by molar-refractivity contribution is 5.82. The standard InChI is InChI=1S/C16H15NO2/c1-12-15(9-6-10-16(12)19-13(2)18)17-11-14-7-4-3-5-8-14/h3-11H,1-2H3/b17-11+. The van der Waals surface area contributed by atoms with Crippen molar-refractivity contribution in [3.05, 3.63) is 59.7 Å². The monoisotopic (exact) mass is 253 g/mol. The third-order valence-corrected chi connectivity index (χ3v) is 2.66. The molecule has 2 rings (SSSR count). The van der Waals surface area contributed by atoms with Gasteiger partial charge < -0.3 is 4.74 Å². The van der Waals surface area contributed by atoms with Gasteiger partial charge in [-0.05, 0) is 24.6 Å². The Kier molecular flexibility index (Phi) is 4.08. The summed E-state index contributed by atoms with van der Waals surface area (Å²) >= 11 is 0. The number of carbonyl (C=O) groups is 1. The van der Waals surface area contributed by atoms with E-state index in [0.717, 1.165) is 16.8 Å². The second-order valence-electron chi connectivity index (χ2n) is 4.16. The van der Waals surface area contributed by atoms with Gasteiger partial charge in [0.2, 0.25) is 0 Å². The molecule has 0 aliphatic heterocycles. The summed E-state index contributed by atoms with van der Waals surface area (Å²) < 4.78 is 5.12. The first-order valence-corrected chi connectivity index (χ1v) is 6.04. The van der Waals surface area contributed by atoms with Gasteiger partial charge >= 0.3 is 5.97 Å². The van der Waals surface area contributed by atoms with E-state index < -0.39 is 0 Å². The molecule has 3 nitrogen and oxygen atoms in total. The quantitative estimate of drug-likeness (QED) is 0.475. The average Bonchev–Trinajstić information content (AvgIpc) is 2.40. The van der Waals surface area contributed by atoms with Crippen LogP contribution in [-0.2, 0) is 4.79 Å². The number of hydrogen-bond acceptors (Lipinski definition) is 3. The molecule has 2 aromatic carbocycles. The van der Waals surface area contributed by atoms with Crippen LogP contribution in [0.3, 0.4) is 0 Å². The lowest BCUT2D eigenvalue weighted by Crippen LogP contribution is -2.02. The highest BCUT2D eigenvalue weighted by atomic mass is 16.5. The van der Waals surface area contributed by atoms with Crippen molar-refractivity contribution in [2.75, 3.05) is 0 Å². The van der Waals surface area contributed by atoms with Gasteiger partial charge in [-0.2, -0.15) is 0 Å². The van der Waals surface area contributed by atoms with Gasteiger partial charge in [-0.3, -0.25) is 9.79 Å². The van der Waals surface area contributed by atoms with Crippen LogP contribution in [0.25, 0.3) is 0 Å². The number of benzene rings is 2. The molecule has 3 heteroatoms. The van der Waals surface area contributed by atoms with E-state index in [1.54, 1.807) is 12.3 Å². The summed E-state index contributed by atoms with van der Waals surface area (Å²) in [4.78, 5) is 15.4. The summed E-state index contributed by atoms with van der Waals surface area (Å²) in [5.41, 5.74) is 2.67. The summed E-state index contributed by atoms with van der Waals surface area (Å²) in [7, 11) is 0. The zero-order chi connectivity index (χ0) is 13.7. The zero-order valence-electron chi connectivity index (χ0n) is 11.0. The van der Waals surface area contributed by atoms with Crippen LogP contribution in [0.4, 0.5) is 5.69 Å². The van der Waals surface area contributed by atoms with E-state index >= 15 is 0 Å². The fourth-order valence-electron chi connectivity index (χ4n) is 1.69. The van der Waals surface area contributed by atoms with Crippen LogP contribution in [-0.4, -0.2) is 12.2 Å². The van der Waals surface area contributed by atoms with E-state index in [1.807, 2.05) is 49.4 Å². The molecule has 19 heavy (non-hydrogen) atoms. The van der Waals surface area contributed by atoms with E-state index in [0.29, 0.717) is 5.75 Å². The summed E-state index contributed by atoms with van der Waals surface area (Å²) in [6.45, 7) is 3.27. The van der Waals surface area contributed by atoms with Gasteiger partial charge in [-0.15, -0.1) is 0 Å². The molecular formula is C16H15NO2. The minimum Gasteiger partial charge on any atom is -0.426 e. The minimum atomic E-state index is -0.327. The first-order chi connectivity index (χ1) is 9.16. The van der Waals surface area contributed by atoms with Crippen molar-refractivity contribution >= 4 is 17.9 Å². The molecule has 0 unspecified atom stereocenters. The van der Waals surface area contributed by atoms with Crippen LogP contribution < -0.4 is 4.74 Å². The fraction of sp³-hybridized carbons (Fsp3) is 0.125. The van der Waals surface area contributed by atoms with Crippen LogP contribution in [0.2, 0.25) is 0 Å². The first-order valence-electron chi connectivity index (χ1n) is 6.04. The molecule has 0 saturated heterocycles. The van der Waals surface area contributed by atoms with E-state index in [4.69, 9.17) is 4.74 Å². The van der Waals surface area contributed by atoms with Crippen LogP contribution in [0.5, 0.6) is 5.75 Å². The topological polar surface area (TPSA) is 38.7 Å². The second kappa shape index (κ2) is 5.96. The lowest BCUT2D eigenvalue weighted by Gasteiger charge is -2.07. The molecule has 0 bridgehead atoms. The molecule has 0 aliphatic rings. The lowest BCUT2D eigenvalue weighted by atomic mass is 10.2. The summed E-state index contributed by atoms with van der Waals surface area (Å²) in [6.07, 6.45) is 1.79. The van der Waals surface area contributed by atoms with Gasteiger partial charge in [0.25, 0.3) is 0 Å². The minimum absolute atomic E-state index is 0.327. The molecule has 0 aromatic heterocycles. The van der Waals surface area contributed by atoms with E-state index in [9.17, 15) is 4.79 Å². The number of hydrogen-bond donors (Lipinski definition) is 0. The first kappa shape index (κ1) is 13.0. The van der Waals surface area contributed by atoms with E-state index in [-0.39, 0.29) is 5.97 Å². The normalized spacial score (nSPS) is 10.6. The molecule has 0 atom stereocenters. The Morgan fingerprint density at radius 3 is 2.53 bits per heavy atom. The van der Waals surface area contributed by atoms with Gasteiger partial charge in [-0.25, -0.2) is 0 Å². The number of carbonyl (C=O) groups excluding carboxylic acids is 1. The number of aliphatic imine (C=N–C) groups is 1. The molecule has 0 amide bonds. The molecular weight excluding hydrogens is 238 g/mol. The number of rotatable bonds is 3. The van der Waals surface area contributed by atoms with Gasteiger partial charge in [0.15, 0.2) is 0 Å². The third-order valence-electron chi connectivity index (χ3n) is 2.66. The number of nitrogens with zero attached hydrogens (tertiary/aromatic N) is 1. The molecule has 0 N–H and O–H groups in total. The summed E-state index contributed by atoms with van der Waals surface area (Å²) in [5, 5.41) is 0. The van der Waals surface area contributed by atoms with Crippen molar-refractivity contribution in [3.63, 3.8) is 0 Å². The molecule has 0 saturated carbocycles. The molecule has 0 spiro atoms. The van der Waals surface area contributed by atoms with Crippen molar-refractivity contribution < 1.29 is 9.53 Å². The highest BCUT2D eigenvalue weighted by Crippen LogP contribution is 2.27. The summed E-state index contributed by atoms with van der Waals surface area (Å²) in [6, 6.07) is 15.3. The van der Waals surface area contributed by atoms with Gasteiger partial charge in [0, 0.05) is 18.7 Å². The van der Waals surface area contributed by atoms with Crippen LogP contribution in [0.1, 0.15) is 18.1 Å². The molecule has 2 aromatic rings.